The minimum atomic E-state index is 0.748. The summed E-state index contributed by atoms with van der Waals surface area (Å²) in [5.74, 6) is 1.85. The van der Waals surface area contributed by atoms with Gasteiger partial charge in [0.2, 0.25) is 0 Å². The summed E-state index contributed by atoms with van der Waals surface area (Å²) in [7, 11) is 2.30. The smallest absolute Gasteiger partial charge is 0.0469 e. The zero-order valence-electron chi connectivity index (χ0n) is 12.4. The molecule has 3 unspecified atom stereocenters. The Kier molecular flexibility index (Phi) is 4.78. The van der Waals surface area contributed by atoms with Crippen LogP contribution in [0.15, 0.2) is 0 Å². The highest BCUT2D eigenvalue weighted by Crippen LogP contribution is 2.33. The molecule has 110 valence electrons. The Morgan fingerprint density at radius 1 is 1.05 bits per heavy atom. The summed E-state index contributed by atoms with van der Waals surface area (Å²) in [5.41, 5.74) is 0. The maximum absolute atomic E-state index is 5.45. The molecule has 1 saturated carbocycles. The van der Waals surface area contributed by atoms with Crippen molar-refractivity contribution in [2.75, 3.05) is 33.4 Å². The van der Waals surface area contributed by atoms with E-state index in [4.69, 9.17) is 4.74 Å². The SMILES string of the molecule is CN(CC1CCOCC1)CC1CC2CCCCC2N1. The number of fused-ring (bicyclic) bond motifs is 1. The molecule has 2 heterocycles. The van der Waals surface area contributed by atoms with Crippen LogP contribution in [0, 0.1) is 11.8 Å². The van der Waals surface area contributed by atoms with Crippen molar-refractivity contribution in [3.05, 3.63) is 0 Å². The molecular formula is C16H30N2O. The molecule has 0 bridgehead atoms. The van der Waals surface area contributed by atoms with Crippen molar-refractivity contribution in [2.24, 2.45) is 11.8 Å². The highest BCUT2D eigenvalue weighted by atomic mass is 16.5. The lowest BCUT2D eigenvalue weighted by atomic mass is 9.85. The van der Waals surface area contributed by atoms with Gasteiger partial charge in [0.15, 0.2) is 0 Å². The molecule has 3 heteroatoms. The second-order valence-electron chi connectivity index (χ2n) is 7.03. The molecule has 3 atom stereocenters. The summed E-state index contributed by atoms with van der Waals surface area (Å²) in [6, 6.07) is 1.59. The lowest BCUT2D eigenvalue weighted by Crippen LogP contribution is -2.41. The van der Waals surface area contributed by atoms with Gasteiger partial charge >= 0.3 is 0 Å². The van der Waals surface area contributed by atoms with E-state index in [1.165, 1.54) is 58.0 Å². The molecule has 0 aromatic heterocycles. The maximum atomic E-state index is 5.45. The molecule has 2 saturated heterocycles. The Morgan fingerprint density at radius 2 is 1.84 bits per heavy atom. The summed E-state index contributed by atoms with van der Waals surface area (Å²) in [5, 5.41) is 3.89. The van der Waals surface area contributed by atoms with Gasteiger partial charge < -0.3 is 15.0 Å². The second kappa shape index (κ2) is 6.55. The van der Waals surface area contributed by atoms with Gasteiger partial charge in [0.05, 0.1) is 0 Å². The van der Waals surface area contributed by atoms with Crippen LogP contribution in [0.2, 0.25) is 0 Å². The number of rotatable bonds is 4. The van der Waals surface area contributed by atoms with Gasteiger partial charge in [-0.15, -0.1) is 0 Å². The summed E-state index contributed by atoms with van der Waals surface area (Å²) < 4.78 is 5.45. The first-order valence-corrected chi connectivity index (χ1v) is 8.33. The number of ether oxygens (including phenoxy) is 1. The van der Waals surface area contributed by atoms with Gasteiger partial charge in [0.1, 0.15) is 0 Å². The van der Waals surface area contributed by atoms with E-state index in [1.807, 2.05) is 0 Å². The fraction of sp³-hybridized carbons (Fsp3) is 1.00. The van der Waals surface area contributed by atoms with Gasteiger partial charge in [-0.1, -0.05) is 12.8 Å². The van der Waals surface area contributed by atoms with Crippen molar-refractivity contribution in [2.45, 2.75) is 57.0 Å². The number of likely N-dealkylation sites (N-methyl/N-ethyl adjacent to an activating group) is 1. The summed E-state index contributed by atoms with van der Waals surface area (Å²) in [6.45, 7) is 4.45. The molecule has 0 radical (unpaired) electrons. The van der Waals surface area contributed by atoms with Crippen molar-refractivity contribution >= 4 is 0 Å². The van der Waals surface area contributed by atoms with Crippen LogP contribution >= 0.6 is 0 Å². The van der Waals surface area contributed by atoms with E-state index in [0.717, 1.165) is 37.1 Å². The Morgan fingerprint density at radius 3 is 2.63 bits per heavy atom. The quantitative estimate of drug-likeness (QED) is 0.845. The van der Waals surface area contributed by atoms with Crippen LogP contribution < -0.4 is 5.32 Å². The topological polar surface area (TPSA) is 24.5 Å². The molecular weight excluding hydrogens is 236 g/mol. The normalized spacial score (nSPS) is 36.6. The lowest BCUT2D eigenvalue weighted by molar-refractivity contribution is 0.0549. The van der Waals surface area contributed by atoms with Crippen molar-refractivity contribution in [1.29, 1.82) is 0 Å². The van der Waals surface area contributed by atoms with E-state index in [1.54, 1.807) is 0 Å². The molecule has 0 amide bonds. The second-order valence-corrected chi connectivity index (χ2v) is 7.03. The molecule has 3 rings (SSSR count). The van der Waals surface area contributed by atoms with Gasteiger partial charge in [-0.2, -0.15) is 0 Å². The first kappa shape index (κ1) is 13.8. The molecule has 3 nitrogen and oxygen atoms in total. The van der Waals surface area contributed by atoms with Crippen LogP contribution in [-0.2, 0) is 4.74 Å². The maximum Gasteiger partial charge on any atom is 0.0469 e. The third-order valence-corrected chi connectivity index (χ3v) is 5.39. The third-order valence-electron chi connectivity index (χ3n) is 5.39. The van der Waals surface area contributed by atoms with Crippen LogP contribution in [0.1, 0.15) is 44.9 Å². The number of hydrogen-bond donors (Lipinski definition) is 1. The molecule has 3 aliphatic rings. The van der Waals surface area contributed by atoms with E-state index in [2.05, 4.69) is 17.3 Å². The van der Waals surface area contributed by atoms with Gasteiger partial charge in [0.25, 0.3) is 0 Å². The number of nitrogens with zero attached hydrogens (tertiary/aromatic N) is 1. The Hall–Kier alpha value is -0.120. The third kappa shape index (κ3) is 3.71. The molecule has 0 aromatic rings. The van der Waals surface area contributed by atoms with Crippen molar-refractivity contribution in [1.82, 2.24) is 10.2 Å². The van der Waals surface area contributed by atoms with Crippen molar-refractivity contribution in [3.8, 4) is 0 Å². The zero-order chi connectivity index (χ0) is 13.1. The molecule has 2 aliphatic heterocycles. The Labute approximate surface area is 118 Å². The Bertz CT molecular complexity index is 264. The lowest BCUT2D eigenvalue weighted by Gasteiger charge is -2.29. The van der Waals surface area contributed by atoms with E-state index >= 15 is 0 Å². The molecule has 19 heavy (non-hydrogen) atoms. The average Bonchev–Trinajstić information content (AvgIpc) is 2.81. The van der Waals surface area contributed by atoms with Gasteiger partial charge in [-0.3, -0.25) is 0 Å². The summed E-state index contributed by atoms with van der Waals surface area (Å²) in [6.07, 6.45) is 9.74. The molecule has 0 aromatic carbocycles. The van der Waals surface area contributed by atoms with E-state index in [0.29, 0.717) is 0 Å². The molecule has 1 N–H and O–H groups in total. The van der Waals surface area contributed by atoms with E-state index in [-0.39, 0.29) is 0 Å². The van der Waals surface area contributed by atoms with Crippen LogP contribution in [0.5, 0.6) is 0 Å². The molecule has 1 aliphatic carbocycles. The van der Waals surface area contributed by atoms with Gasteiger partial charge in [-0.25, -0.2) is 0 Å². The molecule has 0 spiro atoms. The fourth-order valence-corrected chi connectivity index (χ4v) is 4.39. The van der Waals surface area contributed by atoms with Crippen LogP contribution in [0.4, 0.5) is 0 Å². The van der Waals surface area contributed by atoms with Crippen LogP contribution in [-0.4, -0.2) is 50.3 Å². The van der Waals surface area contributed by atoms with Crippen molar-refractivity contribution < 1.29 is 4.74 Å². The highest BCUT2D eigenvalue weighted by molar-refractivity contribution is 4.93. The molecule has 3 fully saturated rings. The van der Waals surface area contributed by atoms with E-state index < -0.39 is 0 Å². The van der Waals surface area contributed by atoms with Gasteiger partial charge in [0, 0.05) is 38.4 Å². The predicted octanol–water partition coefficient (Wildman–Crippen LogP) is 2.27. The standard InChI is InChI=1S/C16H30N2O/c1-18(11-13-6-8-19-9-7-13)12-15-10-14-4-2-3-5-16(14)17-15/h13-17H,2-12H2,1H3. The van der Waals surface area contributed by atoms with Gasteiger partial charge in [-0.05, 0) is 51.0 Å². The van der Waals surface area contributed by atoms with Crippen molar-refractivity contribution in [3.63, 3.8) is 0 Å². The fourth-order valence-electron chi connectivity index (χ4n) is 4.39. The largest absolute Gasteiger partial charge is 0.381 e. The monoisotopic (exact) mass is 266 g/mol. The first-order valence-electron chi connectivity index (χ1n) is 8.33. The first-order chi connectivity index (χ1) is 9.31. The highest BCUT2D eigenvalue weighted by Gasteiger charge is 2.35. The zero-order valence-corrected chi connectivity index (χ0v) is 12.4. The summed E-state index contributed by atoms with van der Waals surface area (Å²) in [4.78, 5) is 2.56. The Balaban J connectivity index is 1.41. The number of hydrogen-bond acceptors (Lipinski definition) is 3. The number of nitrogens with one attached hydrogen (secondary N) is 1. The van der Waals surface area contributed by atoms with Crippen LogP contribution in [0.25, 0.3) is 0 Å². The summed E-state index contributed by atoms with van der Waals surface area (Å²) >= 11 is 0. The van der Waals surface area contributed by atoms with E-state index in [9.17, 15) is 0 Å². The minimum absolute atomic E-state index is 0.748. The predicted molar refractivity (Wildman–Crippen MR) is 78.3 cm³/mol. The van der Waals surface area contributed by atoms with Crippen LogP contribution in [0.3, 0.4) is 0 Å². The average molecular weight is 266 g/mol. The minimum Gasteiger partial charge on any atom is -0.381 e.